The summed E-state index contributed by atoms with van der Waals surface area (Å²) in [4.78, 5) is 12.3. The Morgan fingerprint density at radius 1 is 1.32 bits per heavy atom. The van der Waals surface area contributed by atoms with Crippen LogP contribution in [0.1, 0.15) is 44.9 Å². The first kappa shape index (κ1) is 14.7. The summed E-state index contributed by atoms with van der Waals surface area (Å²) in [7, 11) is 0. The predicted octanol–water partition coefficient (Wildman–Crippen LogP) is 2.74. The smallest absolute Gasteiger partial charge is 0.224 e. The van der Waals surface area contributed by atoms with Gasteiger partial charge in [-0.25, -0.2) is 0 Å². The van der Waals surface area contributed by atoms with Crippen molar-refractivity contribution in [3.63, 3.8) is 0 Å². The third-order valence-electron chi connectivity index (χ3n) is 4.21. The van der Waals surface area contributed by atoms with Crippen LogP contribution in [0.15, 0.2) is 24.3 Å². The zero-order valence-corrected chi connectivity index (χ0v) is 12.8. The Labute approximate surface area is 129 Å². The van der Waals surface area contributed by atoms with Gasteiger partial charge in [-0.05, 0) is 41.3 Å². The van der Waals surface area contributed by atoms with E-state index in [0.717, 1.165) is 23.6 Å². The van der Waals surface area contributed by atoms with E-state index in [4.69, 9.17) is 0 Å². The quantitative estimate of drug-likeness (QED) is 0.921. The summed E-state index contributed by atoms with van der Waals surface area (Å²) in [5.74, 6) is 1.38. The summed E-state index contributed by atoms with van der Waals surface area (Å²) in [5, 5.41) is 14.8. The van der Waals surface area contributed by atoms with E-state index in [2.05, 4.69) is 20.8 Å². The summed E-state index contributed by atoms with van der Waals surface area (Å²) in [6.07, 6.45) is 6.17. The van der Waals surface area contributed by atoms with Gasteiger partial charge in [0.1, 0.15) is 0 Å². The van der Waals surface area contributed by atoms with E-state index in [-0.39, 0.29) is 5.91 Å². The molecule has 6 nitrogen and oxygen atoms in total. The number of aromatic nitrogens is 4. The molecule has 1 aromatic carbocycles. The number of aryl methyl sites for hydroxylation is 1. The molecule has 1 amide bonds. The Balaban J connectivity index is 1.78. The molecule has 6 heteroatoms. The molecule has 1 aromatic heterocycles. The van der Waals surface area contributed by atoms with Gasteiger partial charge in [0.2, 0.25) is 5.91 Å². The van der Waals surface area contributed by atoms with Gasteiger partial charge in [0.15, 0.2) is 5.82 Å². The van der Waals surface area contributed by atoms with Gasteiger partial charge in [-0.2, -0.15) is 4.68 Å². The molecule has 0 spiro atoms. The van der Waals surface area contributed by atoms with Crippen LogP contribution in [0, 0.1) is 5.92 Å². The molecule has 1 aliphatic carbocycles. The number of carbonyl (C=O) groups excluding carboxylic acids is 1. The van der Waals surface area contributed by atoms with Gasteiger partial charge in [-0.3, -0.25) is 4.79 Å². The van der Waals surface area contributed by atoms with Gasteiger partial charge < -0.3 is 5.32 Å². The van der Waals surface area contributed by atoms with E-state index < -0.39 is 0 Å². The van der Waals surface area contributed by atoms with Crippen molar-refractivity contribution in [3.8, 4) is 5.69 Å². The van der Waals surface area contributed by atoms with Crippen molar-refractivity contribution in [1.29, 1.82) is 0 Å². The molecule has 1 aliphatic rings. The normalized spacial score (nSPS) is 15.1. The second-order valence-electron chi connectivity index (χ2n) is 5.78. The largest absolute Gasteiger partial charge is 0.324 e. The molecular formula is C16H21N5O. The number of benzene rings is 1. The highest BCUT2D eigenvalue weighted by molar-refractivity contribution is 5.92. The summed E-state index contributed by atoms with van der Waals surface area (Å²) in [6.45, 7) is 2.00. The maximum Gasteiger partial charge on any atom is 0.224 e. The van der Waals surface area contributed by atoms with Crippen LogP contribution in [0.2, 0.25) is 0 Å². The number of anilines is 1. The number of nitrogens with one attached hydrogen (secondary N) is 1. The number of carbonyl (C=O) groups is 1. The van der Waals surface area contributed by atoms with Gasteiger partial charge in [-0.15, -0.1) is 5.10 Å². The van der Waals surface area contributed by atoms with E-state index >= 15 is 0 Å². The molecule has 0 unspecified atom stereocenters. The Hall–Kier alpha value is -2.24. The molecule has 1 fully saturated rings. The molecule has 1 N–H and O–H groups in total. The Morgan fingerprint density at radius 2 is 2.09 bits per heavy atom. The highest BCUT2D eigenvalue weighted by Gasteiger charge is 2.19. The summed E-state index contributed by atoms with van der Waals surface area (Å²) >= 11 is 0. The minimum Gasteiger partial charge on any atom is -0.324 e. The van der Waals surface area contributed by atoms with Crippen LogP contribution >= 0.6 is 0 Å². The van der Waals surface area contributed by atoms with Gasteiger partial charge in [0, 0.05) is 12.8 Å². The molecule has 2 aromatic rings. The van der Waals surface area contributed by atoms with Crippen LogP contribution in [0.5, 0.6) is 0 Å². The minimum absolute atomic E-state index is 0.0745. The summed E-state index contributed by atoms with van der Waals surface area (Å²) < 4.78 is 1.69. The molecule has 1 saturated carbocycles. The lowest BCUT2D eigenvalue weighted by molar-refractivity contribution is -0.117. The van der Waals surface area contributed by atoms with Gasteiger partial charge in [0.05, 0.1) is 11.4 Å². The van der Waals surface area contributed by atoms with E-state index in [9.17, 15) is 4.79 Å². The van der Waals surface area contributed by atoms with Crippen LogP contribution < -0.4 is 5.32 Å². The standard InChI is InChI=1S/C16H21N5O/c1-2-15-18-19-20-21(15)14-10-6-5-9-13(14)17-16(22)11-12-7-3-4-8-12/h5-6,9-10,12H,2-4,7-8,11H2,1H3,(H,17,22). The van der Waals surface area contributed by atoms with E-state index in [1.165, 1.54) is 25.7 Å². The second kappa shape index (κ2) is 6.68. The Morgan fingerprint density at radius 3 is 2.86 bits per heavy atom. The molecule has 0 aliphatic heterocycles. The number of tetrazole rings is 1. The van der Waals surface area contributed by atoms with Crippen molar-refractivity contribution in [2.24, 2.45) is 5.92 Å². The fourth-order valence-corrected chi connectivity index (χ4v) is 3.06. The molecule has 0 saturated heterocycles. The topological polar surface area (TPSA) is 72.7 Å². The zero-order valence-electron chi connectivity index (χ0n) is 12.8. The van der Waals surface area contributed by atoms with Crippen molar-refractivity contribution in [1.82, 2.24) is 20.2 Å². The van der Waals surface area contributed by atoms with Crippen molar-refractivity contribution < 1.29 is 4.79 Å². The van der Waals surface area contributed by atoms with Gasteiger partial charge in [0.25, 0.3) is 0 Å². The highest BCUT2D eigenvalue weighted by Crippen LogP contribution is 2.28. The molecule has 3 rings (SSSR count). The van der Waals surface area contributed by atoms with Crippen molar-refractivity contribution in [3.05, 3.63) is 30.1 Å². The molecule has 116 valence electrons. The number of para-hydroxylation sites is 2. The summed E-state index contributed by atoms with van der Waals surface area (Å²) in [6, 6.07) is 7.64. The average Bonchev–Trinajstić information content (AvgIpc) is 3.18. The molecule has 0 radical (unpaired) electrons. The zero-order chi connectivity index (χ0) is 15.4. The third kappa shape index (κ3) is 3.16. The number of hydrogen-bond donors (Lipinski definition) is 1. The maximum absolute atomic E-state index is 12.3. The van der Waals surface area contributed by atoms with E-state index in [1.807, 2.05) is 31.2 Å². The SMILES string of the molecule is CCc1nnnn1-c1ccccc1NC(=O)CC1CCCC1. The van der Waals surface area contributed by atoms with E-state index in [1.54, 1.807) is 4.68 Å². The molecule has 0 atom stereocenters. The second-order valence-corrected chi connectivity index (χ2v) is 5.78. The number of nitrogens with zero attached hydrogens (tertiary/aromatic N) is 4. The lowest BCUT2D eigenvalue weighted by Gasteiger charge is -2.13. The van der Waals surface area contributed by atoms with Crippen LogP contribution in [-0.4, -0.2) is 26.1 Å². The lowest BCUT2D eigenvalue weighted by atomic mass is 10.0. The van der Waals surface area contributed by atoms with Crippen LogP contribution in [0.3, 0.4) is 0 Å². The van der Waals surface area contributed by atoms with Crippen molar-refractivity contribution in [2.75, 3.05) is 5.32 Å². The van der Waals surface area contributed by atoms with Crippen LogP contribution in [0.25, 0.3) is 5.69 Å². The monoisotopic (exact) mass is 299 g/mol. The van der Waals surface area contributed by atoms with Crippen molar-refractivity contribution >= 4 is 11.6 Å². The molecule has 0 bridgehead atoms. The fraction of sp³-hybridized carbons (Fsp3) is 0.500. The Kier molecular flexibility index (Phi) is 4.46. The third-order valence-corrected chi connectivity index (χ3v) is 4.21. The molecule has 22 heavy (non-hydrogen) atoms. The van der Waals surface area contributed by atoms with E-state index in [0.29, 0.717) is 12.3 Å². The Bertz CT molecular complexity index is 645. The number of amides is 1. The first-order chi connectivity index (χ1) is 10.8. The maximum atomic E-state index is 12.3. The summed E-state index contributed by atoms with van der Waals surface area (Å²) in [5.41, 5.74) is 1.57. The molecular weight excluding hydrogens is 278 g/mol. The average molecular weight is 299 g/mol. The van der Waals surface area contributed by atoms with Crippen LogP contribution in [0.4, 0.5) is 5.69 Å². The predicted molar refractivity (Wildman–Crippen MR) is 83.7 cm³/mol. The van der Waals surface area contributed by atoms with Gasteiger partial charge in [-0.1, -0.05) is 31.9 Å². The minimum atomic E-state index is 0.0745. The lowest BCUT2D eigenvalue weighted by Crippen LogP contribution is -2.17. The van der Waals surface area contributed by atoms with Crippen molar-refractivity contribution in [2.45, 2.75) is 45.4 Å². The van der Waals surface area contributed by atoms with Gasteiger partial charge >= 0.3 is 0 Å². The highest BCUT2D eigenvalue weighted by atomic mass is 16.1. The molecule has 1 heterocycles. The first-order valence-corrected chi connectivity index (χ1v) is 7.94. The van der Waals surface area contributed by atoms with Crippen LogP contribution in [-0.2, 0) is 11.2 Å². The fourth-order valence-electron chi connectivity index (χ4n) is 3.06. The number of rotatable bonds is 5. The number of hydrogen-bond acceptors (Lipinski definition) is 4. The first-order valence-electron chi connectivity index (χ1n) is 7.94.